The maximum Gasteiger partial charge on any atom is 0.258 e. The molecule has 1 amide bonds. The van der Waals surface area contributed by atoms with E-state index in [2.05, 4.69) is 12.2 Å². The number of carbonyl (C=O) groups excluding carboxylic acids is 2. The van der Waals surface area contributed by atoms with E-state index >= 15 is 0 Å². The monoisotopic (exact) mass is 307 g/mol. The Kier molecular flexibility index (Phi) is 5.52. The Balaban J connectivity index is 1.92. The predicted octanol–water partition coefficient (Wildman–Crippen LogP) is 3.10. The van der Waals surface area contributed by atoms with E-state index < -0.39 is 5.82 Å². The molecule has 5 heteroatoms. The number of halogens is 1. The lowest BCUT2D eigenvalue weighted by Gasteiger charge is -2.29. The van der Waals surface area contributed by atoms with Gasteiger partial charge < -0.3 is 10.1 Å². The Morgan fingerprint density at radius 1 is 1.32 bits per heavy atom. The maximum atomic E-state index is 13.2. The van der Waals surface area contributed by atoms with E-state index in [0.29, 0.717) is 5.92 Å². The molecule has 0 heterocycles. The number of carbonyl (C=O) groups is 2. The normalized spacial score (nSPS) is 21.2. The van der Waals surface area contributed by atoms with Gasteiger partial charge in [-0.15, -0.1) is 0 Å². The van der Waals surface area contributed by atoms with E-state index in [0.717, 1.165) is 25.3 Å². The number of ether oxygens (including phenoxy) is 1. The van der Waals surface area contributed by atoms with E-state index in [9.17, 15) is 14.0 Å². The number of benzene rings is 1. The average molecular weight is 307 g/mol. The van der Waals surface area contributed by atoms with Crippen molar-refractivity contribution in [1.29, 1.82) is 0 Å². The van der Waals surface area contributed by atoms with Crippen LogP contribution in [-0.4, -0.2) is 24.3 Å². The third kappa shape index (κ3) is 4.29. The summed E-state index contributed by atoms with van der Waals surface area (Å²) in [6, 6.07) is 3.90. The summed E-state index contributed by atoms with van der Waals surface area (Å²) in [5, 5.41) is 2.98. The van der Waals surface area contributed by atoms with Crippen molar-refractivity contribution in [2.75, 3.05) is 6.61 Å². The van der Waals surface area contributed by atoms with Gasteiger partial charge in [-0.25, -0.2) is 4.39 Å². The zero-order valence-electron chi connectivity index (χ0n) is 13.0. The molecule has 0 aliphatic heterocycles. The van der Waals surface area contributed by atoms with Gasteiger partial charge in [0.1, 0.15) is 11.6 Å². The summed E-state index contributed by atoms with van der Waals surface area (Å²) >= 11 is 0. The molecule has 0 bridgehead atoms. The molecule has 2 atom stereocenters. The van der Waals surface area contributed by atoms with Crippen LogP contribution in [0, 0.1) is 11.7 Å². The molecule has 1 saturated carbocycles. The Hall–Kier alpha value is -1.91. The summed E-state index contributed by atoms with van der Waals surface area (Å²) in [5.41, 5.74) is 0.152. The van der Waals surface area contributed by atoms with E-state index in [1.807, 2.05) is 0 Å². The lowest BCUT2D eigenvalue weighted by molar-refractivity contribution is -0.124. The molecule has 1 aliphatic rings. The van der Waals surface area contributed by atoms with Crippen molar-refractivity contribution in [2.24, 2.45) is 5.92 Å². The van der Waals surface area contributed by atoms with Crippen LogP contribution in [0.25, 0.3) is 0 Å². The third-order valence-corrected chi connectivity index (χ3v) is 4.14. The lowest BCUT2D eigenvalue weighted by Crippen LogP contribution is -2.43. The molecule has 0 spiro atoms. The summed E-state index contributed by atoms with van der Waals surface area (Å²) < 4.78 is 18.6. The highest BCUT2D eigenvalue weighted by Crippen LogP contribution is 2.24. The van der Waals surface area contributed by atoms with Crippen molar-refractivity contribution in [3.05, 3.63) is 29.6 Å². The van der Waals surface area contributed by atoms with Crippen LogP contribution in [0.3, 0.4) is 0 Å². The van der Waals surface area contributed by atoms with Crippen LogP contribution in [0.2, 0.25) is 0 Å². The summed E-state index contributed by atoms with van der Waals surface area (Å²) in [6.45, 7) is 3.30. The largest absolute Gasteiger partial charge is 0.483 e. The summed E-state index contributed by atoms with van der Waals surface area (Å²) in [4.78, 5) is 23.5. The number of rotatable bonds is 5. The van der Waals surface area contributed by atoms with E-state index in [1.165, 1.54) is 25.5 Å². The van der Waals surface area contributed by atoms with Crippen molar-refractivity contribution >= 4 is 11.7 Å². The molecule has 0 radical (unpaired) electrons. The van der Waals surface area contributed by atoms with Gasteiger partial charge in [0.05, 0.1) is 5.56 Å². The van der Waals surface area contributed by atoms with Crippen molar-refractivity contribution in [2.45, 2.75) is 45.6 Å². The average Bonchev–Trinajstić information content (AvgIpc) is 2.48. The molecule has 120 valence electrons. The number of hydrogen-bond acceptors (Lipinski definition) is 3. The van der Waals surface area contributed by atoms with E-state index in [-0.39, 0.29) is 35.7 Å². The second-order valence-electron chi connectivity index (χ2n) is 5.92. The molecule has 1 aromatic rings. The fourth-order valence-electron chi connectivity index (χ4n) is 2.83. The number of Topliss-reactive ketones (excluding diaryl/α,β-unsaturated/α-hetero) is 1. The topological polar surface area (TPSA) is 55.4 Å². The lowest BCUT2D eigenvalue weighted by atomic mass is 9.86. The quantitative estimate of drug-likeness (QED) is 0.850. The van der Waals surface area contributed by atoms with Gasteiger partial charge in [0.25, 0.3) is 5.91 Å². The van der Waals surface area contributed by atoms with Crippen LogP contribution >= 0.6 is 0 Å². The summed E-state index contributed by atoms with van der Waals surface area (Å²) in [6.07, 6.45) is 4.45. The molecular formula is C17H22FNO3. The Bertz CT molecular complexity index is 559. The molecule has 2 unspecified atom stereocenters. The minimum Gasteiger partial charge on any atom is -0.483 e. The molecule has 0 aromatic heterocycles. The van der Waals surface area contributed by atoms with Gasteiger partial charge in [-0.2, -0.15) is 0 Å². The first-order chi connectivity index (χ1) is 10.5. The second kappa shape index (κ2) is 7.38. The van der Waals surface area contributed by atoms with Crippen molar-refractivity contribution in [3.63, 3.8) is 0 Å². The van der Waals surface area contributed by atoms with Gasteiger partial charge in [-0.05, 0) is 43.9 Å². The van der Waals surface area contributed by atoms with Crippen molar-refractivity contribution in [3.8, 4) is 5.75 Å². The van der Waals surface area contributed by atoms with Crippen LogP contribution in [0.1, 0.15) is 49.9 Å². The summed E-state index contributed by atoms with van der Waals surface area (Å²) in [7, 11) is 0. The first-order valence-electron chi connectivity index (χ1n) is 7.70. The van der Waals surface area contributed by atoms with Gasteiger partial charge in [0.2, 0.25) is 0 Å². The Morgan fingerprint density at radius 3 is 2.73 bits per heavy atom. The fourth-order valence-corrected chi connectivity index (χ4v) is 2.83. The summed E-state index contributed by atoms with van der Waals surface area (Å²) in [5.74, 6) is -0.302. The number of nitrogens with one attached hydrogen (secondary N) is 1. The van der Waals surface area contributed by atoms with Crippen LogP contribution in [0.15, 0.2) is 18.2 Å². The van der Waals surface area contributed by atoms with Gasteiger partial charge >= 0.3 is 0 Å². The predicted molar refractivity (Wildman–Crippen MR) is 81.5 cm³/mol. The van der Waals surface area contributed by atoms with E-state index in [1.54, 1.807) is 0 Å². The molecular weight excluding hydrogens is 285 g/mol. The zero-order chi connectivity index (χ0) is 16.1. The molecule has 1 fully saturated rings. The Morgan fingerprint density at radius 2 is 2.05 bits per heavy atom. The number of hydrogen-bond donors (Lipinski definition) is 1. The molecule has 2 rings (SSSR count). The van der Waals surface area contributed by atoms with Gasteiger partial charge in [-0.3, -0.25) is 9.59 Å². The second-order valence-corrected chi connectivity index (χ2v) is 5.92. The highest BCUT2D eigenvalue weighted by atomic mass is 19.1. The van der Waals surface area contributed by atoms with Crippen LogP contribution < -0.4 is 10.1 Å². The fraction of sp³-hybridized carbons (Fsp3) is 0.529. The first-order valence-corrected chi connectivity index (χ1v) is 7.70. The molecule has 4 nitrogen and oxygen atoms in total. The highest BCUT2D eigenvalue weighted by Gasteiger charge is 2.23. The first kappa shape index (κ1) is 16.5. The molecule has 22 heavy (non-hydrogen) atoms. The van der Waals surface area contributed by atoms with Crippen molar-refractivity contribution < 1.29 is 18.7 Å². The van der Waals surface area contributed by atoms with Gasteiger partial charge in [0.15, 0.2) is 12.4 Å². The smallest absolute Gasteiger partial charge is 0.258 e. The van der Waals surface area contributed by atoms with E-state index in [4.69, 9.17) is 4.74 Å². The third-order valence-electron chi connectivity index (χ3n) is 4.14. The maximum absolute atomic E-state index is 13.2. The highest BCUT2D eigenvalue weighted by molar-refractivity contribution is 5.96. The minimum absolute atomic E-state index is 0.152. The standard InChI is InChI=1S/C17H22FNO3/c1-11-5-3-4-6-15(11)19-17(21)10-22-16-8-7-13(18)9-14(16)12(2)20/h7-9,11,15H,3-6,10H2,1-2H3,(H,19,21). The van der Waals surface area contributed by atoms with Crippen molar-refractivity contribution in [1.82, 2.24) is 5.32 Å². The molecule has 1 N–H and O–H groups in total. The molecule has 0 saturated heterocycles. The van der Waals surface area contributed by atoms with Crippen LogP contribution in [0.4, 0.5) is 4.39 Å². The Labute approximate surface area is 130 Å². The molecule has 1 aromatic carbocycles. The van der Waals surface area contributed by atoms with Gasteiger partial charge in [-0.1, -0.05) is 19.8 Å². The van der Waals surface area contributed by atoms with Crippen LogP contribution in [0.5, 0.6) is 5.75 Å². The van der Waals surface area contributed by atoms with Gasteiger partial charge in [0, 0.05) is 6.04 Å². The number of amides is 1. The van der Waals surface area contributed by atoms with Crippen LogP contribution in [-0.2, 0) is 4.79 Å². The number of ketones is 1. The zero-order valence-corrected chi connectivity index (χ0v) is 13.0. The minimum atomic E-state index is -0.502. The molecule has 1 aliphatic carbocycles. The SMILES string of the molecule is CC(=O)c1cc(F)ccc1OCC(=O)NC1CCCCC1C.